The van der Waals surface area contributed by atoms with Gasteiger partial charge >= 0.3 is 0 Å². The predicted octanol–water partition coefficient (Wildman–Crippen LogP) is 0.960. The average molecular weight is 165 g/mol. The number of aromatic amines is 1. The van der Waals surface area contributed by atoms with Crippen LogP contribution in [0, 0.1) is 5.41 Å². The maximum Gasteiger partial charge on any atom is 0.185 e. The van der Waals surface area contributed by atoms with Crippen LogP contribution in [0.5, 0.6) is 0 Å². The summed E-state index contributed by atoms with van der Waals surface area (Å²) in [5, 5.41) is 10.3. The Morgan fingerprint density at radius 1 is 1.33 bits per heavy atom. The second-order valence-electron chi connectivity index (χ2n) is 4.06. The van der Waals surface area contributed by atoms with E-state index in [1.165, 1.54) is 0 Å². The molecule has 2 rings (SSSR count). The van der Waals surface area contributed by atoms with Crippen LogP contribution in [0.15, 0.2) is 0 Å². The van der Waals surface area contributed by atoms with Gasteiger partial charge in [-0.1, -0.05) is 13.8 Å². The van der Waals surface area contributed by atoms with E-state index >= 15 is 0 Å². The van der Waals surface area contributed by atoms with Gasteiger partial charge in [0.1, 0.15) is 0 Å². The van der Waals surface area contributed by atoms with E-state index < -0.39 is 0 Å². The first-order chi connectivity index (χ1) is 5.58. The van der Waals surface area contributed by atoms with Crippen molar-refractivity contribution in [1.29, 1.82) is 0 Å². The van der Waals surface area contributed by atoms with Gasteiger partial charge in [-0.2, -0.15) is 15.4 Å². The van der Waals surface area contributed by atoms with E-state index in [0.29, 0.717) is 12.1 Å². The van der Waals surface area contributed by atoms with E-state index in [-0.39, 0.29) is 11.2 Å². The van der Waals surface area contributed by atoms with Gasteiger partial charge < -0.3 is 0 Å². The zero-order valence-corrected chi connectivity index (χ0v) is 7.22. The first-order valence-corrected chi connectivity index (χ1v) is 4.01. The normalized spacial score (nSPS) is 20.7. The van der Waals surface area contributed by atoms with Crippen LogP contribution in [-0.2, 0) is 6.42 Å². The molecule has 1 heterocycles. The van der Waals surface area contributed by atoms with Crippen molar-refractivity contribution in [2.24, 2.45) is 5.41 Å². The van der Waals surface area contributed by atoms with Crippen molar-refractivity contribution >= 4 is 5.78 Å². The maximum atomic E-state index is 11.4. The van der Waals surface area contributed by atoms with Crippen molar-refractivity contribution < 1.29 is 4.79 Å². The molecule has 1 aliphatic rings. The lowest BCUT2D eigenvalue weighted by atomic mass is 9.77. The lowest BCUT2D eigenvalue weighted by Crippen LogP contribution is -2.26. The third kappa shape index (κ3) is 1.03. The fourth-order valence-electron chi connectivity index (χ4n) is 1.63. The SMILES string of the molecule is CC1(C)CC(=O)c2n[nH]nc2C1. The van der Waals surface area contributed by atoms with Crippen LogP contribution in [0.4, 0.5) is 0 Å². The molecule has 1 aromatic rings. The number of Topliss-reactive ketones (excluding diaryl/α,β-unsaturated/α-hetero) is 1. The molecule has 0 saturated carbocycles. The summed E-state index contributed by atoms with van der Waals surface area (Å²) < 4.78 is 0. The number of rotatable bonds is 0. The molecule has 64 valence electrons. The van der Waals surface area contributed by atoms with E-state index in [4.69, 9.17) is 0 Å². The van der Waals surface area contributed by atoms with E-state index in [1.807, 2.05) is 0 Å². The molecule has 12 heavy (non-hydrogen) atoms. The summed E-state index contributed by atoms with van der Waals surface area (Å²) in [5.74, 6) is 0.106. The van der Waals surface area contributed by atoms with Crippen molar-refractivity contribution in [2.45, 2.75) is 26.7 Å². The summed E-state index contributed by atoms with van der Waals surface area (Å²) in [5.41, 5.74) is 1.40. The molecule has 0 spiro atoms. The largest absolute Gasteiger partial charge is 0.292 e. The zero-order chi connectivity index (χ0) is 8.77. The number of aromatic nitrogens is 3. The molecule has 4 nitrogen and oxygen atoms in total. The Hall–Kier alpha value is -1.19. The summed E-state index contributed by atoms with van der Waals surface area (Å²) in [6.07, 6.45) is 1.41. The highest BCUT2D eigenvalue weighted by molar-refractivity contribution is 5.96. The Morgan fingerprint density at radius 2 is 2.08 bits per heavy atom. The molecule has 1 aromatic heterocycles. The van der Waals surface area contributed by atoms with Gasteiger partial charge in [0.15, 0.2) is 11.5 Å². The second-order valence-corrected chi connectivity index (χ2v) is 4.06. The summed E-state index contributed by atoms with van der Waals surface area (Å²) in [4.78, 5) is 11.4. The summed E-state index contributed by atoms with van der Waals surface area (Å²) in [6, 6.07) is 0. The van der Waals surface area contributed by atoms with E-state index in [1.54, 1.807) is 0 Å². The Kier molecular flexibility index (Phi) is 1.34. The van der Waals surface area contributed by atoms with Gasteiger partial charge in [0.2, 0.25) is 0 Å². The Morgan fingerprint density at radius 3 is 2.83 bits per heavy atom. The van der Waals surface area contributed by atoms with Gasteiger partial charge in [0.25, 0.3) is 0 Å². The predicted molar refractivity (Wildman–Crippen MR) is 42.8 cm³/mol. The van der Waals surface area contributed by atoms with Crippen LogP contribution < -0.4 is 0 Å². The topological polar surface area (TPSA) is 58.6 Å². The molecule has 0 aromatic carbocycles. The van der Waals surface area contributed by atoms with Gasteiger partial charge in [-0.05, 0) is 11.8 Å². The fraction of sp³-hybridized carbons (Fsp3) is 0.625. The fourth-order valence-corrected chi connectivity index (χ4v) is 1.63. The minimum atomic E-state index is 0.0426. The van der Waals surface area contributed by atoms with Crippen molar-refractivity contribution in [1.82, 2.24) is 15.4 Å². The molecule has 0 amide bonds. The van der Waals surface area contributed by atoms with Crippen LogP contribution in [0.2, 0.25) is 0 Å². The molecular formula is C8H11N3O. The number of fused-ring (bicyclic) bond motifs is 1. The number of nitrogens with one attached hydrogen (secondary N) is 1. The number of H-pyrrole nitrogens is 1. The highest BCUT2D eigenvalue weighted by Gasteiger charge is 2.33. The van der Waals surface area contributed by atoms with Crippen molar-refractivity contribution in [3.05, 3.63) is 11.4 Å². The smallest absolute Gasteiger partial charge is 0.185 e. The van der Waals surface area contributed by atoms with E-state index in [2.05, 4.69) is 29.3 Å². The van der Waals surface area contributed by atoms with Crippen LogP contribution in [0.1, 0.15) is 36.5 Å². The van der Waals surface area contributed by atoms with Crippen LogP contribution in [-0.4, -0.2) is 21.2 Å². The molecular weight excluding hydrogens is 154 g/mol. The Labute approximate surface area is 70.4 Å². The standard InChI is InChI=1S/C8H11N3O/c1-8(2)3-5-7(6(12)4-8)10-11-9-5/h3-4H2,1-2H3,(H,9,10,11). The number of carbonyl (C=O) groups excluding carboxylic acids is 1. The summed E-state index contributed by atoms with van der Waals surface area (Å²) in [6.45, 7) is 4.14. The highest BCUT2D eigenvalue weighted by atomic mass is 16.1. The molecule has 4 heteroatoms. The number of carbonyl (C=O) groups is 1. The van der Waals surface area contributed by atoms with Gasteiger partial charge in [-0.3, -0.25) is 4.79 Å². The van der Waals surface area contributed by atoms with Crippen molar-refractivity contribution in [3.63, 3.8) is 0 Å². The second kappa shape index (κ2) is 2.15. The molecule has 0 fully saturated rings. The number of hydrogen-bond donors (Lipinski definition) is 1. The van der Waals surface area contributed by atoms with E-state index in [0.717, 1.165) is 12.1 Å². The van der Waals surface area contributed by atoms with Crippen molar-refractivity contribution in [2.75, 3.05) is 0 Å². The van der Waals surface area contributed by atoms with Crippen molar-refractivity contribution in [3.8, 4) is 0 Å². The first-order valence-electron chi connectivity index (χ1n) is 4.01. The minimum absolute atomic E-state index is 0.0426. The summed E-state index contributed by atoms with van der Waals surface area (Å²) >= 11 is 0. The van der Waals surface area contributed by atoms with Gasteiger partial charge in [-0.25, -0.2) is 0 Å². The third-order valence-electron chi connectivity index (χ3n) is 2.17. The molecule has 0 radical (unpaired) electrons. The lowest BCUT2D eigenvalue weighted by Gasteiger charge is -2.26. The summed E-state index contributed by atoms with van der Waals surface area (Å²) in [7, 11) is 0. The third-order valence-corrected chi connectivity index (χ3v) is 2.17. The molecule has 1 aliphatic carbocycles. The maximum absolute atomic E-state index is 11.4. The highest BCUT2D eigenvalue weighted by Crippen LogP contribution is 2.32. The van der Waals surface area contributed by atoms with Gasteiger partial charge in [-0.15, -0.1) is 0 Å². The van der Waals surface area contributed by atoms with Crippen LogP contribution in [0.25, 0.3) is 0 Å². The monoisotopic (exact) mass is 165 g/mol. The Bertz CT molecular complexity index is 327. The number of hydrogen-bond acceptors (Lipinski definition) is 3. The molecule has 0 saturated heterocycles. The minimum Gasteiger partial charge on any atom is -0.292 e. The molecule has 1 N–H and O–H groups in total. The van der Waals surface area contributed by atoms with Crippen LogP contribution in [0.3, 0.4) is 0 Å². The average Bonchev–Trinajstić information content (AvgIpc) is 2.31. The lowest BCUT2D eigenvalue weighted by molar-refractivity contribution is 0.0906. The van der Waals surface area contributed by atoms with Gasteiger partial charge in [0.05, 0.1) is 5.69 Å². The van der Waals surface area contributed by atoms with Crippen LogP contribution >= 0.6 is 0 Å². The number of ketones is 1. The Balaban J connectivity index is 2.45. The molecule has 0 bridgehead atoms. The number of nitrogens with zero attached hydrogens (tertiary/aromatic N) is 2. The molecule has 0 aliphatic heterocycles. The molecule has 0 unspecified atom stereocenters. The molecule has 0 atom stereocenters. The zero-order valence-electron chi connectivity index (χ0n) is 7.22. The van der Waals surface area contributed by atoms with Gasteiger partial charge in [0, 0.05) is 6.42 Å². The first kappa shape index (κ1) is 7.46. The quantitative estimate of drug-likeness (QED) is 0.622. The van der Waals surface area contributed by atoms with E-state index in [9.17, 15) is 4.79 Å².